The van der Waals surface area contributed by atoms with Crippen molar-refractivity contribution in [3.05, 3.63) is 35.4 Å². The Balaban J connectivity index is 1.40. The fourth-order valence-corrected chi connectivity index (χ4v) is 4.76. The first-order valence-corrected chi connectivity index (χ1v) is 10.3. The Bertz CT molecular complexity index is 656. The molecule has 0 aromatic heterocycles. The zero-order valence-corrected chi connectivity index (χ0v) is 16.5. The minimum Gasteiger partial charge on any atom is -0.392 e. The molecule has 4 atom stereocenters. The predicted octanol–water partition coefficient (Wildman–Crippen LogP) is 2.39. The smallest absolute Gasteiger partial charge is 0.253 e. The summed E-state index contributed by atoms with van der Waals surface area (Å²) in [5, 5.41) is 9.18. The van der Waals surface area contributed by atoms with E-state index in [9.17, 15) is 9.90 Å². The van der Waals surface area contributed by atoms with Gasteiger partial charge in [-0.2, -0.15) is 0 Å². The number of fused-ring (bicyclic) bond motifs is 1. The van der Waals surface area contributed by atoms with E-state index in [0.29, 0.717) is 24.0 Å². The van der Waals surface area contributed by atoms with Crippen molar-refractivity contribution in [2.75, 3.05) is 33.8 Å². The molecule has 5 nitrogen and oxygen atoms in total. The van der Waals surface area contributed by atoms with Crippen molar-refractivity contribution in [1.29, 1.82) is 0 Å². The molecule has 2 saturated carbocycles. The number of aliphatic hydroxyl groups is 1. The van der Waals surface area contributed by atoms with E-state index in [1.807, 2.05) is 29.2 Å². The van der Waals surface area contributed by atoms with Crippen LogP contribution < -0.4 is 0 Å². The summed E-state index contributed by atoms with van der Waals surface area (Å²) in [6.07, 6.45) is 5.11. The summed E-state index contributed by atoms with van der Waals surface area (Å²) in [6.45, 7) is 2.61. The Morgan fingerprint density at radius 3 is 2.41 bits per heavy atom. The second-order valence-electron chi connectivity index (χ2n) is 8.90. The lowest BCUT2D eigenvalue weighted by molar-refractivity contribution is -0.0493. The first-order chi connectivity index (χ1) is 13.0. The fourth-order valence-electron chi connectivity index (χ4n) is 4.76. The standard InChI is InChI=1S/C22H32N2O3/c1-23(2)20-9-18-11-24(22(26)17-7-5-15(13-25)6-8-17)12-19(18)10-21(20)27-14-16-3-4-16/h5-8,16,18-21,25H,3-4,9-14H2,1-2H3/t18-,19+,20-,21-/m1/s1. The molecule has 3 aliphatic rings. The predicted molar refractivity (Wildman–Crippen MR) is 104 cm³/mol. The molecule has 1 aliphatic heterocycles. The maximum Gasteiger partial charge on any atom is 0.253 e. The van der Waals surface area contributed by atoms with E-state index in [0.717, 1.165) is 49.6 Å². The van der Waals surface area contributed by atoms with Gasteiger partial charge in [-0.25, -0.2) is 0 Å². The average Bonchev–Trinajstić information content (AvgIpc) is 3.42. The van der Waals surface area contributed by atoms with Crippen molar-refractivity contribution in [2.45, 2.75) is 44.4 Å². The summed E-state index contributed by atoms with van der Waals surface area (Å²) in [5.41, 5.74) is 1.56. The molecule has 0 bridgehead atoms. The minimum atomic E-state index is 0.0104. The Kier molecular flexibility index (Phi) is 5.53. The van der Waals surface area contributed by atoms with E-state index < -0.39 is 0 Å². The van der Waals surface area contributed by atoms with Gasteiger partial charge in [-0.05, 0) is 75.2 Å². The molecule has 0 spiro atoms. The van der Waals surface area contributed by atoms with Crippen molar-refractivity contribution in [1.82, 2.24) is 9.80 Å². The highest BCUT2D eigenvalue weighted by atomic mass is 16.5. The number of ether oxygens (including phenoxy) is 1. The van der Waals surface area contributed by atoms with Crippen molar-refractivity contribution in [3.8, 4) is 0 Å². The van der Waals surface area contributed by atoms with Crippen molar-refractivity contribution >= 4 is 5.91 Å². The highest BCUT2D eigenvalue weighted by molar-refractivity contribution is 5.94. The highest BCUT2D eigenvalue weighted by Crippen LogP contribution is 2.40. The lowest BCUT2D eigenvalue weighted by atomic mass is 9.77. The van der Waals surface area contributed by atoms with Crippen LogP contribution in [0.25, 0.3) is 0 Å². The molecule has 2 aliphatic carbocycles. The quantitative estimate of drug-likeness (QED) is 0.833. The van der Waals surface area contributed by atoms with Crippen LogP contribution in [0, 0.1) is 17.8 Å². The third-order valence-corrected chi connectivity index (χ3v) is 6.66. The number of nitrogens with zero attached hydrogens (tertiary/aromatic N) is 2. The maximum absolute atomic E-state index is 12.9. The number of aliphatic hydroxyl groups excluding tert-OH is 1. The molecular formula is C22H32N2O3. The molecule has 1 heterocycles. The van der Waals surface area contributed by atoms with Crippen LogP contribution in [0.15, 0.2) is 24.3 Å². The van der Waals surface area contributed by atoms with Crippen LogP contribution >= 0.6 is 0 Å². The second kappa shape index (κ2) is 7.90. The highest BCUT2D eigenvalue weighted by Gasteiger charge is 2.45. The van der Waals surface area contributed by atoms with E-state index in [2.05, 4.69) is 19.0 Å². The van der Waals surface area contributed by atoms with Crippen molar-refractivity contribution < 1.29 is 14.6 Å². The lowest BCUT2D eigenvalue weighted by Gasteiger charge is -2.41. The van der Waals surface area contributed by atoms with E-state index in [1.165, 1.54) is 12.8 Å². The SMILES string of the molecule is CN(C)[C@@H]1C[C@@H]2CN(C(=O)c3ccc(CO)cc3)C[C@@H]2C[C@H]1OCC1CC1. The zero-order valence-electron chi connectivity index (χ0n) is 16.5. The van der Waals surface area contributed by atoms with E-state index in [-0.39, 0.29) is 12.5 Å². The lowest BCUT2D eigenvalue weighted by Crippen LogP contribution is -2.48. The second-order valence-corrected chi connectivity index (χ2v) is 8.90. The van der Waals surface area contributed by atoms with Crippen LogP contribution in [0.5, 0.6) is 0 Å². The summed E-state index contributed by atoms with van der Waals surface area (Å²) in [7, 11) is 4.30. The van der Waals surface area contributed by atoms with E-state index in [1.54, 1.807) is 0 Å². The van der Waals surface area contributed by atoms with Crippen LogP contribution in [0.3, 0.4) is 0 Å². The van der Waals surface area contributed by atoms with Gasteiger partial charge in [0.25, 0.3) is 5.91 Å². The number of likely N-dealkylation sites (N-methyl/N-ethyl adjacent to an activating group) is 1. The molecule has 1 aromatic carbocycles. The number of rotatable bonds is 6. The molecule has 4 rings (SSSR count). The first-order valence-electron chi connectivity index (χ1n) is 10.3. The van der Waals surface area contributed by atoms with Crippen LogP contribution in [0.2, 0.25) is 0 Å². The Hall–Kier alpha value is -1.43. The van der Waals surface area contributed by atoms with Crippen LogP contribution in [-0.4, -0.2) is 66.8 Å². The number of benzene rings is 1. The summed E-state index contributed by atoms with van der Waals surface area (Å²) in [4.78, 5) is 17.3. The number of amides is 1. The molecule has 27 heavy (non-hydrogen) atoms. The molecule has 1 amide bonds. The largest absolute Gasteiger partial charge is 0.392 e. The molecule has 1 aromatic rings. The van der Waals surface area contributed by atoms with Crippen molar-refractivity contribution in [2.24, 2.45) is 17.8 Å². The topological polar surface area (TPSA) is 53.0 Å². The molecule has 148 valence electrons. The van der Waals surface area contributed by atoms with Gasteiger partial charge in [0.15, 0.2) is 0 Å². The van der Waals surface area contributed by atoms with Crippen LogP contribution in [0.1, 0.15) is 41.6 Å². The van der Waals surface area contributed by atoms with Gasteiger partial charge < -0.3 is 19.6 Å². The zero-order chi connectivity index (χ0) is 19.0. The number of carbonyl (C=O) groups is 1. The van der Waals surface area contributed by atoms with Gasteiger partial charge in [0.2, 0.25) is 0 Å². The van der Waals surface area contributed by atoms with Gasteiger partial charge in [0.05, 0.1) is 12.7 Å². The summed E-state index contributed by atoms with van der Waals surface area (Å²) >= 11 is 0. The van der Waals surface area contributed by atoms with Gasteiger partial charge >= 0.3 is 0 Å². The molecule has 1 N–H and O–H groups in total. The Morgan fingerprint density at radius 2 is 1.81 bits per heavy atom. The summed E-state index contributed by atoms with van der Waals surface area (Å²) < 4.78 is 6.33. The van der Waals surface area contributed by atoms with Crippen molar-refractivity contribution in [3.63, 3.8) is 0 Å². The summed E-state index contributed by atoms with van der Waals surface area (Å²) in [5.74, 6) is 2.02. The normalized spacial score (nSPS) is 30.6. The molecular weight excluding hydrogens is 340 g/mol. The van der Waals surface area contributed by atoms with Gasteiger partial charge in [-0.3, -0.25) is 4.79 Å². The monoisotopic (exact) mass is 372 g/mol. The number of carbonyl (C=O) groups excluding carboxylic acids is 1. The molecule has 0 unspecified atom stereocenters. The minimum absolute atomic E-state index is 0.0104. The van der Waals surface area contributed by atoms with Crippen LogP contribution in [0.4, 0.5) is 0 Å². The van der Waals surface area contributed by atoms with Gasteiger partial charge in [-0.15, -0.1) is 0 Å². The Labute approximate surface area is 162 Å². The van der Waals surface area contributed by atoms with Crippen LogP contribution in [-0.2, 0) is 11.3 Å². The van der Waals surface area contributed by atoms with E-state index >= 15 is 0 Å². The average molecular weight is 373 g/mol. The third-order valence-electron chi connectivity index (χ3n) is 6.66. The van der Waals surface area contributed by atoms with Gasteiger partial charge in [-0.1, -0.05) is 12.1 Å². The number of hydrogen-bond donors (Lipinski definition) is 1. The van der Waals surface area contributed by atoms with Gasteiger partial charge in [0.1, 0.15) is 0 Å². The maximum atomic E-state index is 12.9. The van der Waals surface area contributed by atoms with Gasteiger partial charge in [0, 0.05) is 31.3 Å². The first kappa shape index (κ1) is 18.9. The van der Waals surface area contributed by atoms with E-state index in [4.69, 9.17) is 4.74 Å². The number of hydrogen-bond acceptors (Lipinski definition) is 4. The molecule has 1 saturated heterocycles. The summed E-state index contributed by atoms with van der Waals surface area (Å²) in [6, 6.07) is 7.78. The molecule has 3 fully saturated rings. The number of likely N-dealkylation sites (tertiary alicyclic amines) is 1. The third kappa shape index (κ3) is 4.20. The Morgan fingerprint density at radius 1 is 1.15 bits per heavy atom. The molecule has 0 radical (unpaired) electrons. The molecule has 5 heteroatoms. The fraction of sp³-hybridized carbons (Fsp3) is 0.682.